The maximum Gasteiger partial charge on any atom is 0.251 e. The second-order valence-corrected chi connectivity index (χ2v) is 5.40. The molecule has 0 bridgehead atoms. The number of halogens is 1. The van der Waals surface area contributed by atoms with Crippen molar-refractivity contribution in [1.82, 2.24) is 5.32 Å². The van der Waals surface area contributed by atoms with Crippen molar-refractivity contribution in [2.45, 2.75) is 20.8 Å². The third-order valence-electron chi connectivity index (χ3n) is 2.59. The van der Waals surface area contributed by atoms with Crippen molar-refractivity contribution < 1.29 is 9.90 Å². The summed E-state index contributed by atoms with van der Waals surface area (Å²) >= 11 is 5.83. The summed E-state index contributed by atoms with van der Waals surface area (Å²) in [5.74, 6) is -0.138. The molecule has 0 aliphatic carbocycles. The first-order valence-electron chi connectivity index (χ1n) is 5.51. The lowest BCUT2D eigenvalue weighted by atomic mass is 9.95. The predicted octanol–water partition coefficient (Wildman–Crippen LogP) is 2.40. The van der Waals surface area contributed by atoms with Crippen molar-refractivity contribution in [2.24, 2.45) is 5.41 Å². The topological polar surface area (TPSA) is 49.3 Å². The van der Waals surface area contributed by atoms with Crippen LogP contribution in [0.3, 0.4) is 0 Å². The molecule has 1 aromatic rings. The van der Waals surface area contributed by atoms with Crippen LogP contribution < -0.4 is 5.32 Å². The van der Waals surface area contributed by atoms with E-state index in [-0.39, 0.29) is 17.9 Å². The van der Waals surface area contributed by atoms with Gasteiger partial charge in [-0.15, -0.1) is 0 Å². The summed E-state index contributed by atoms with van der Waals surface area (Å²) < 4.78 is 0. The molecule has 94 valence electrons. The van der Waals surface area contributed by atoms with Gasteiger partial charge in [0.15, 0.2) is 0 Å². The number of hydrogen-bond acceptors (Lipinski definition) is 2. The maximum atomic E-state index is 11.9. The van der Waals surface area contributed by atoms with Crippen molar-refractivity contribution in [3.8, 4) is 0 Å². The molecule has 4 heteroatoms. The van der Waals surface area contributed by atoms with E-state index in [2.05, 4.69) is 5.32 Å². The molecule has 1 rings (SSSR count). The summed E-state index contributed by atoms with van der Waals surface area (Å²) in [5.41, 5.74) is 1.15. The Kier molecular flexibility index (Phi) is 4.54. The van der Waals surface area contributed by atoms with Crippen molar-refractivity contribution in [3.63, 3.8) is 0 Å². The van der Waals surface area contributed by atoms with E-state index in [1.807, 2.05) is 20.8 Å². The van der Waals surface area contributed by atoms with Crippen LogP contribution in [0.2, 0.25) is 5.02 Å². The van der Waals surface area contributed by atoms with E-state index in [9.17, 15) is 4.79 Å². The van der Waals surface area contributed by atoms with Gasteiger partial charge < -0.3 is 10.4 Å². The molecule has 0 aliphatic rings. The molecular formula is C13H18ClNO2. The standard InChI is InChI=1S/C13H18ClNO2/c1-9-6-10(14)4-5-11(9)12(17)15-7-13(2,3)8-16/h4-6,16H,7-8H2,1-3H3,(H,15,17). The van der Waals surface area contributed by atoms with Gasteiger partial charge in [-0.3, -0.25) is 4.79 Å². The molecule has 1 amide bonds. The fraction of sp³-hybridized carbons (Fsp3) is 0.462. The number of hydrogen-bond donors (Lipinski definition) is 2. The zero-order valence-corrected chi connectivity index (χ0v) is 11.1. The Morgan fingerprint density at radius 2 is 2.12 bits per heavy atom. The van der Waals surface area contributed by atoms with Gasteiger partial charge in [0, 0.05) is 29.2 Å². The number of benzene rings is 1. The average Bonchev–Trinajstić information content (AvgIpc) is 2.26. The number of aryl methyl sites for hydroxylation is 1. The number of carbonyl (C=O) groups excluding carboxylic acids is 1. The summed E-state index contributed by atoms with van der Waals surface area (Å²) in [6.45, 7) is 6.10. The third kappa shape index (κ3) is 4.02. The minimum atomic E-state index is -0.310. The fourth-order valence-electron chi connectivity index (χ4n) is 1.35. The van der Waals surface area contributed by atoms with Crippen LogP contribution in [0.4, 0.5) is 0 Å². The zero-order chi connectivity index (χ0) is 13.1. The molecule has 0 atom stereocenters. The monoisotopic (exact) mass is 255 g/mol. The number of nitrogens with one attached hydrogen (secondary N) is 1. The number of amides is 1. The summed E-state index contributed by atoms with van der Waals surface area (Å²) in [4.78, 5) is 11.9. The lowest BCUT2D eigenvalue weighted by Gasteiger charge is -2.22. The van der Waals surface area contributed by atoms with Gasteiger partial charge in [-0.05, 0) is 30.7 Å². The predicted molar refractivity (Wildman–Crippen MR) is 69.4 cm³/mol. The van der Waals surface area contributed by atoms with E-state index >= 15 is 0 Å². The minimum Gasteiger partial charge on any atom is -0.396 e. The molecule has 0 unspecified atom stereocenters. The lowest BCUT2D eigenvalue weighted by Crippen LogP contribution is -2.36. The molecular weight excluding hydrogens is 238 g/mol. The molecule has 0 radical (unpaired) electrons. The van der Waals surface area contributed by atoms with E-state index in [1.54, 1.807) is 18.2 Å². The molecule has 0 spiro atoms. The Morgan fingerprint density at radius 1 is 1.47 bits per heavy atom. The lowest BCUT2D eigenvalue weighted by molar-refractivity contribution is 0.0910. The highest BCUT2D eigenvalue weighted by molar-refractivity contribution is 6.30. The van der Waals surface area contributed by atoms with Crippen LogP contribution >= 0.6 is 11.6 Å². The fourth-order valence-corrected chi connectivity index (χ4v) is 1.58. The zero-order valence-electron chi connectivity index (χ0n) is 10.4. The second kappa shape index (κ2) is 5.52. The van der Waals surface area contributed by atoms with Gasteiger partial charge in [-0.25, -0.2) is 0 Å². The van der Waals surface area contributed by atoms with Crippen molar-refractivity contribution in [3.05, 3.63) is 34.3 Å². The highest BCUT2D eigenvalue weighted by atomic mass is 35.5. The van der Waals surface area contributed by atoms with Crippen LogP contribution in [0.5, 0.6) is 0 Å². The SMILES string of the molecule is Cc1cc(Cl)ccc1C(=O)NCC(C)(C)CO. The molecule has 3 nitrogen and oxygen atoms in total. The number of carbonyl (C=O) groups is 1. The highest BCUT2D eigenvalue weighted by Gasteiger charge is 2.18. The van der Waals surface area contributed by atoms with Crippen molar-refractivity contribution in [2.75, 3.05) is 13.2 Å². The first kappa shape index (κ1) is 14.0. The molecule has 0 heterocycles. The van der Waals surface area contributed by atoms with Gasteiger partial charge in [0.1, 0.15) is 0 Å². The highest BCUT2D eigenvalue weighted by Crippen LogP contribution is 2.16. The second-order valence-electron chi connectivity index (χ2n) is 4.96. The number of rotatable bonds is 4. The van der Waals surface area contributed by atoms with Crippen LogP contribution in [0.15, 0.2) is 18.2 Å². The maximum absolute atomic E-state index is 11.9. The smallest absolute Gasteiger partial charge is 0.251 e. The van der Waals surface area contributed by atoms with Crippen molar-refractivity contribution in [1.29, 1.82) is 0 Å². The van der Waals surface area contributed by atoms with Gasteiger partial charge in [0.25, 0.3) is 5.91 Å². The van der Waals surface area contributed by atoms with Crippen LogP contribution in [0.25, 0.3) is 0 Å². The summed E-state index contributed by atoms with van der Waals surface area (Å²) in [6, 6.07) is 5.16. The molecule has 0 fully saturated rings. The Labute approximate surface area is 107 Å². The van der Waals surface area contributed by atoms with E-state index in [0.717, 1.165) is 5.56 Å². The summed E-state index contributed by atoms with van der Waals surface area (Å²) in [5, 5.41) is 12.5. The van der Waals surface area contributed by atoms with Gasteiger partial charge in [0.2, 0.25) is 0 Å². The Hall–Kier alpha value is -1.06. The molecule has 2 N–H and O–H groups in total. The molecule has 17 heavy (non-hydrogen) atoms. The normalized spacial score (nSPS) is 11.4. The first-order chi connectivity index (χ1) is 7.85. The van der Waals surface area contributed by atoms with Gasteiger partial charge >= 0.3 is 0 Å². The largest absolute Gasteiger partial charge is 0.396 e. The Morgan fingerprint density at radius 3 is 2.65 bits per heavy atom. The summed E-state index contributed by atoms with van der Waals surface area (Å²) in [7, 11) is 0. The number of aliphatic hydroxyl groups excluding tert-OH is 1. The van der Waals surface area contributed by atoms with E-state index in [1.165, 1.54) is 0 Å². The summed E-state index contributed by atoms with van der Waals surface area (Å²) in [6.07, 6.45) is 0. The molecule has 0 aromatic heterocycles. The Balaban J connectivity index is 2.71. The molecule has 0 aliphatic heterocycles. The van der Waals surface area contributed by atoms with Crippen LogP contribution in [0.1, 0.15) is 29.8 Å². The minimum absolute atomic E-state index is 0.0346. The molecule has 0 saturated heterocycles. The van der Waals surface area contributed by atoms with Crippen LogP contribution in [0, 0.1) is 12.3 Å². The van der Waals surface area contributed by atoms with Gasteiger partial charge in [-0.1, -0.05) is 25.4 Å². The quantitative estimate of drug-likeness (QED) is 0.868. The molecule has 0 saturated carbocycles. The van der Waals surface area contributed by atoms with E-state index in [0.29, 0.717) is 17.1 Å². The molecule has 1 aromatic carbocycles. The average molecular weight is 256 g/mol. The van der Waals surface area contributed by atoms with Crippen molar-refractivity contribution >= 4 is 17.5 Å². The van der Waals surface area contributed by atoms with Gasteiger partial charge in [0.05, 0.1) is 0 Å². The first-order valence-corrected chi connectivity index (χ1v) is 5.89. The van der Waals surface area contributed by atoms with E-state index in [4.69, 9.17) is 16.7 Å². The third-order valence-corrected chi connectivity index (χ3v) is 2.82. The Bertz CT molecular complexity index is 416. The van der Waals surface area contributed by atoms with Gasteiger partial charge in [-0.2, -0.15) is 0 Å². The van der Waals surface area contributed by atoms with Crippen LogP contribution in [-0.4, -0.2) is 24.2 Å². The number of aliphatic hydroxyl groups is 1. The van der Waals surface area contributed by atoms with Crippen LogP contribution in [-0.2, 0) is 0 Å². The van der Waals surface area contributed by atoms with E-state index < -0.39 is 0 Å².